The maximum atomic E-state index is 13.7. The van der Waals surface area contributed by atoms with Crippen LogP contribution in [-0.4, -0.2) is 58.7 Å². The number of nitriles is 1. The van der Waals surface area contributed by atoms with Crippen LogP contribution in [-0.2, 0) is 19.8 Å². The molecule has 0 aliphatic carbocycles. The summed E-state index contributed by atoms with van der Waals surface area (Å²) in [4.78, 5) is 42.5. The summed E-state index contributed by atoms with van der Waals surface area (Å²) in [6, 6.07) is 7.41. The topological polar surface area (TPSA) is 120 Å². The molecule has 1 aromatic carbocycles. The number of nitrogens with one attached hydrogen (secondary N) is 1. The minimum atomic E-state index is -0.947. The number of para-hydroxylation sites is 1. The van der Waals surface area contributed by atoms with E-state index in [2.05, 4.69) is 11.4 Å². The zero-order valence-corrected chi connectivity index (χ0v) is 18.6. The molecule has 2 heterocycles. The van der Waals surface area contributed by atoms with Gasteiger partial charge in [-0.15, -0.1) is 0 Å². The van der Waals surface area contributed by atoms with Gasteiger partial charge in [0, 0.05) is 25.2 Å². The number of likely N-dealkylation sites (N-methyl/N-ethyl adjacent to an activating group) is 1. The molecular formula is C23H31N5O3. The maximum Gasteiger partial charge on any atom is 0.246 e. The Kier molecular flexibility index (Phi) is 6.37. The van der Waals surface area contributed by atoms with Gasteiger partial charge in [-0.25, -0.2) is 0 Å². The third kappa shape index (κ3) is 3.90. The van der Waals surface area contributed by atoms with Crippen LogP contribution in [0.15, 0.2) is 24.3 Å². The van der Waals surface area contributed by atoms with Crippen LogP contribution in [0, 0.1) is 17.2 Å². The molecule has 4 atom stereocenters. The van der Waals surface area contributed by atoms with Gasteiger partial charge in [-0.05, 0) is 37.8 Å². The number of fused-ring (bicyclic) bond motifs is 2. The second-order valence-electron chi connectivity index (χ2n) is 8.96. The van der Waals surface area contributed by atoms with Crippen molar-refractivity contribution in [1.29, 1.82) is 5.26 Å². The molecule has 0 aromatic heterocycles. The summed E-state index contributed by atoms with van der Waals surface area (Å²) < 4.78 is 0. The first-order chi connectivity index (χ1) is 14.7. The summed E-state index contributed by atoms with van der Waals surface area (Å²) in [7, 11) is 0. The molecule has 166 valence electrons. The van der Waals surface area contributed by atoms with E-state index < -0.39 is 23.5 Å². The Morgan fingerprint density at radius 3 is 2.61 bits per heavy atom. The standard InChI is InChI=1S/C23H31N5O3/c1-5-27(20(29)15(4)25)19(10-14(2)3)21(30)28-13-23(11-16(28)12-24)17-8-6-7-9-18(17)26-22(23)31/h6-9,14-16,19H,5,10-11,13,25H2,1-4H3,(H,26,31)/t15-,16-,19-,23-/m0/s1. The second kappa shape index (κ2) is 8.67. The van der Waals surface area contributed by atoms with Crippen molar-refractivity contribution >= 4 is 23.4 Å². The first-order valence-electron chi connectivity index (χ1n) is 10.8. The molecule has 0 bridgehead atoms. The predicted octanol–water partition coefficient (Wildman–Crippen LogP) is 1.61. The molecule has 8 nitrogen and oxygen atoms in total. The molecule has 2 aliphatic heterocycles. The fourth-order valence-electron chi connectivity index (χ4n) is 4.78. The Balaban J connectivity index is 1.97. The second-order valence-corrected chi connectivity index (χ2v) is 8.96. The lowest BCUT2D eigenvalue weighted by Crippen LogP contribution is -2.55. The molecule has 3 rings (SSSR count). The highest BCUT2D eigenvalue weighted by molar-refractivity contribution is 6.07. The Morgan fingerprint density at radius 2 is 2.03 bits per heavy atom. The largest absolute Gasteiger partial charge is 0.330 e. The summed E-state index contributed by atoms with van der Waals surface area (Å²) in [5.41, 5.74) is 6.42. The van der Waals surface area contributed by atoms with Gasteiger partial charge in [0.05, 0.1) is 17.5 Å². The molecule has 3 amide bonds. The van der Waals surface area contributed by atoms with Crippen molar-refractivity contribution in [2.45, 2.75) is 64.1 Å². The van der Waals surface area contributed by atoms with E-state index in [1.165, 1.54) is 9.80 Å². The lowest BCUT2D eigenvalue weighted by Gasteiger charge is -2.35. The van der Waals surface area contributed by atoms with Crippen LogP contribution in [0.25, 0.3) is 0 Å². The summed E-state index contributed by atoms with van der Waals surface area (Å²) in [5, 5.41) is 12.7. The fraction of sp³-hybridized carbons (Fsp3) is 0.565. The number of amides is 3. The number of likely N-dealkylation sites (tertiary alicyclic amines) is 1. The summed E-state index contributed by atoms with van der Waals surface area (Å²) in [6.07, 6.45) is 0.690. The SMILES string of the molecule is CCN(C(=O)[C@H](C)N)[C@@H](CC(C)C)C(=O)N1C[C@]2(C[C@H]1C#N)C(=O)Nc1ccccc12. The van der Waals surface area contributed by atoms with Crippen molar-refractivity contribution in [3.05, 3.63) is 29.8 Å². The van der Waals surface area contributed by atoms with Gasteiger partial charge >= 0.3 is 0 Å². The van der Waals surface area contributed by atoms with E-state index in [1.54, 1.807) is 6.92 Å². The molecule has 0 saturated carbocycles. The van der Waals surface area contributed by atoms with Crippen LogP contribution in [0.5, 0.6) is 0 Å². The Bertz CT molecular complexity index is 922. The molecular weight excluding hydrogens is 394 g/mol. The first-order valence-corrected chi connectivity index (χ1v) is 10.8. The number of anilines is 1. The summed E-state index contributed by atoms with van der Waals surface area (Å²) in [6.45, 7) is 7.84. The molecule has 2 aliphatic rings. The third-order valence-corrected chi connectivity index (χ3v) is 6.29. The molecule has 1 fully saturated rings. The Hall–Kier alpha value is -2.92. The highest BCUT2D eigenvalue weighted by Gasteiger charge is 2.56. The number of rotatable bonds is 6. The molecule has 1 aromatic rings. The van der Waals surface area contributed by atoms with Gasteiger partial charge in [-0.3, -0.25) is 14.4 Å². The predicted molar refractivity (Wildman–Crippen MR) is 117 cm³/mol. The third-order valence-electron chi connectivity index (χ3n) is 6.29. The van der Waals surface area contributed by atoms with E-state index in [0.717, 1.165) is 11.3 Å². The van der Waals surface area contributed by atoms with Crippen LogP contribution in [0.2, 0.25) is 0 Å². The van der Waals surface area contributed by atoms with E-state index in [-0.39, 0.29) is 36.6 Å². The van der Waals surface area contributed by atoms with Crippen LogP contribution in [0.1, 0.15) is 46.1 Å². The van der Waals surface area contributed by atoms with Gasteiger partial charge in [0.1, 0.15) is 12.1 Å². The fourth-order valence-corrected chi connectivity index (χ4v) is 4.78. The molecule has 0 unspecified atom stereocenters. The monoisotopic (exact) mass is 425 g/mol. The quantitative estimate of drug-likeness (QED) is 0.718. The van der Waals surface area contributed by atoms with E-state index in [9.17, 15) is 19.6 Å². The minimum absolute atomic E-state index is 0.116. The van der Waals surface area contributed by atoms with E-state index in [0.29, 0.717) is 13.0 Å². The summed E-state index contributed by atoms with van der Waals surface area (Å²) in [5.74, 6) is -0.641. The zero-order valence-electron chi connectivity index (χ0n) is 18.6. The average Bonchev–Trinajstić information content (AvgIpc) is 3.25. The van der Waals surface area contributed by atoms with Crippen molar-refractivity contribution in [3.8, 4) is 6.07 Å². The lowest BCUT2D eigenvalue weighted by molar-refractivity contribution is -0.147. The number of hydrogen-bond donors (Lipinski definition) is 2. The number of nitrogens with two attached hydrogens (primary N) is 1. The first kappa shape index (κ1) is 22.8. The van der Waals surface area contributed by atoms with E-state index in [4.69, 9.17) is 5.73 Å². The van der Waals surface area contributed by atoms with Gasteiger partial charge in [-0.2, -0.15) is 5.26 Å². The molecule has 1 saturated heterocycles. The van der Waals surface area contributed by atoms with Gasteiger partial charge in [0.15, 0.2) is 0 Å². The Labute approximate surface area is 183 Å². The van der Waals surface area contributed by atoms with E-state index >= 15 is 0 Å². The van der Waals surface area contributed by atoms with Crippen molar-refractivity contribution in [3.63, 3.8) is 0 Å². The number of hydrogen-bond acceptors (Lipinski definition) is 5. The minimum Gasteiger partial charge on any atom is -0.330 e. The Morgan fingerprint density at radius 1 is 1.35 bits per heavy atom. The normalized spacial score (nSPS) is 24.0. The van der Waals surface area contributed by atoms with Crippen molar-refractivity contribution in [1.82, 2.24) is 9.80 Å². The smallest absolute Gasteiger partial charge is 0.246 e. The van der Waals surface area contributed by atoms with Crippen molar-refractivity contribution in [2.75, 3.05) is 18.4 Å². The van der Waals surface area contributed by atoms with Gasteiger partial charge in [0.2, 0.25) is 17.7 Å². The van der Waals surface area contributed by atoms with Crippen LogP contribution in [0.3, 0.4) is 0 Å². The molecule has 31 heavy (non-hydrogen) atoms. The maximum absolute atomic E-state index is 13.7. The number of carbonyl (C=O) groups is 3. The average molecular weight is 426 g/mol. The zero-order chi connectivity index (χ0) is 22.9. The number of nitrogens with zero attached hydrogens (tertiary/aromatic N) is 3. The highest BCUT2D eigenvalue weighted by atomic mass is 16.2. The summed E-state index contributed by atoms with van der Waals surface area (Å²) >= 11 is 0. The number of carbonyl (C=O) groups excluding carboxylic acids is 3. The van der Waals surface area contributed by atoms with Gasteiger partial charge in [0.25, 0.3) is 0 Å². The van der Waals surface area contributed by atoms with Crippen LogP contribution >= 0.6 is 0 Å². The highest BCUT2D eigenvalue weighted by Crippen LogP contribution is 2.46. The van der Waals surface area contributed by atoms with Crippen molar-refractivity contribution < 1.29 is 14.4 Å². The van der Waals surface area contributed by atoms with Gasteiger partial charge < -0.3 is 20.9 Å². The van der Waals surface area contributed by atoms with Gasteiger partial charge in [-0.1, -0.05) is 32.0 Å². The van der Waals surface area contributed by atoms with Crippen LogP contribution in [0.4, 0.5) is 5.69 Å². The van der Waals surface area contributed by atoms with E-state index in [1.807, 2.05) is 45.0 Å². The number of benzene rings is 1. The lowest BCUT2D eigenvalue weighted by atomic mass is 9.80. The molecule has 0 radical (unpaired) electrons. The van der Waals surface area contributed by atoms with Crippen LogP contribution < -0.4 is 11.1 Å². The molecule has 8 heteroatoms. The van der Waals surface area contributed by atoms with Crippen molar-refractivity contribution in [2.24, 2.45) is 11.7 Å². The molecule has 3 N–H and O–H groups in total. The molecule has 1 spiro atoms.